The molecule has 1 aliphatic heterocycles. The van der Waals surface area contributed by atoms with Crippen LogP contribution in [0.3, 0.4) is 0 Å². The molecule has 1 aliphatic rings. The van der Waals surface area contributed by atoms with Crippen molar-refractivity contribution >= 4 is 21.6 Å². The summed E-state index contributed by atoms with van der Waals surface area (Å²) in [5, 5.41) is 3.47. The van der Waals surface area contributed by atoms with Gasteiger partial charge in [0.05, 0.1) is 11.3 Å². The van der Waals surface area contributed by atoms with Crippen molar-refractivity contribution in [1.82, 2.24) is 5.32 Å². The summed E-state index contributed by atoms with van der Waals surface area (Å²) >= 11 is 3.39. The van der Waals surface area contributed by atoms with Crippen molar-refractivity contribution in [3.8, 4) is 0 Å². The van der Waals surface area contributed by atoms with Gasteiger partial charge >= 0.3 is 6.18 Å². The molecule has 21 heavy (non-hydrogen) atoms. The van der Waals surface area contributed by atoms with E-state index < -0.39 is 11.7 Å². The van der Waals surface area contributed by atoms with Gasteiger partial charge in [-0.2, -0.15) is 13.2 Å². The zero-order valence-corrected chi connectivity index (χ0v) is 13.8. The van der Waals surface area contributed by atoms with Gasteiger partial charge in [0.25, 0.3) is 0 Å². The van der Waals surface area contributed by atoms with E-state index in [1.54, 1.807) is 0 Å². The molecule has 2 nitrogen and oxygen atoms in total. The fourth-order valence-electron chi connectivity index (χ4n) is 2.55. The van der Waals surface area contributed by atoms with E-state index >= 15 is 0 Å². The summed E-state index contributed by atoms with van der Waals surface area (Å²) in [5.41, 5.74) is 0.0261. The summed E-state index contributed by atoms with van der Waals surface area (Å²) in [6.07, 6.45) is -3.39. The fraction of sp³-hybridized carbons (Fsp3) is 0.600. The van der Waals surface area contributed by atoms with E-state index in [0.29, 0.717) is 16.1 Å². The third-order valence-electron chi connectivity index (χ3n) is 3.85. The number of halogens is 4. The van der Waals surface area contributed by atoms with Gasteiger partial charge in [-0.3, -0.25) is 0 Å². The maximum atomic E-state index is 12.9. The zero-order chi connectivity index (χ0) is 15.6. The molecule has 1 heterocycles. The average Bonchev–Trinajstić information content (AvgIpc) is 2.63. The Morgan fingerprint density at radius 2 is 2.05 bits per heavy atom. The summed E-state index contributed by atoms with van der Waals surface area (Å²) in [6, 6.07) is 4.13. The average molecular weight is 365 g/mol. The third kappa shape index (κ3) is 4.13. The molecule has 118 valence electrons. The Kier molecular flexibility index (Phi) is 5.20. The third-order valence-corrected chi connectivity index (χ3v) is 4.52. The molecular formula is C15H20BrF3N2. The number of hydrogen-bond donors (Lipinski definition) is 1. The van der Waals surface area contributed by atoms with Gasteiger partial charge in [-0.1, -0.05) is 13.8 Å². The highest BCUT2D eigenvalue weighted by atomic mass is 79.9. The molecule has 0 aromatic heterocycles. The standard InChI is InChI=1S/C15H20BrF3N2/c1-10(2)13-9-21(7-3-6-20-13)14-8-11(15(17,18)19)4-5-12(14)16/h4-5,8,10,13,20H,3,6-7,9H2,1-2H3. The highest BCUT2D eigenvalue weighted by molar-refractivity contribution is 9.10. The Morgan fingerprint density at radius 1 is 1.33 bits per heavy atom. The van der Waals surface area contributed by atoms with E-state index in [1.165, 1.54) is 12.1 Å². The molecule has 6 heteroatoms. The van der Waals surface area contributed by atoms with Crippen molar-refractivity contribution in [3.05, 3.63) is 28.2 Å². The van der Waals surface area contributed by atoms with Gasteiger partial charge in [0, 0.05) is 23.6 Å². The van der Waals surface area contributed by atoms with Gasteiger partial charge in [-0.15, -0.1) is 0 Å². The number of rotatable bonds is 2. The molecule has 0 saturated carbocycles. The minimum Gasteiger partial charge on any atom is -0.369 e. The van der Waals surface area contributed by atoms with Crippen molar-refractivity contribution in [3.63, 3.8) is 0 Å². The van der Waals surface area contributed by atoms with Crippen LogP contribution in [0.2, 0.25) is 0 Å². The van der Waals surface area contributed by atoms with Crippen LogP contribution in [0.15, 0.2) is 22.7 Å². The van der Waals surface area contributed by atoms with Crippen LogP contribution in [0, 0.1) is 5.92 Å². The van der Waals surface area contributed by atoms with Crippen molar-refractivity contribution in [2.75, 3.05) is 24.5 Å². The van der Waals surface area contributed by atoms with Crippen molar-refractivity contribution in [1.29, 1.82) is 0 Å². The molecule has 1 fully saturated rings. The smallest absolute Gasteiger partial charge is 0.369 e. The molecule has 0 amide bonds. The summed E-state index contributed by atoms with van der Waals surface area (Å²) in [7, 11) is 0. The number of anilines is 1. The van der Waals surface area contributed by atoms with Crippen LogP contribution in [0.4, 0.5) is 18.9 Å². The molecule has 1 N–H and O–H groups in total. The van der Waals surface area contributed by atoms with Crippen LogP contribution in [-0.2, 0) is 6.18 Å². The molecule has 1 unspecified atom stereocenters. The first kappa shape index (κ1) is 16.6. The lowest BCUT2D eigenvalue weighted by Gasteiger charge is -2.29. The molecule has 0 radical (unpaired) electrons. The number of benzene rings is 1. The zero-order valence-electron chi connectivity index (χ0n) is 12.2. The van der Waals surface area contributed by atoms with Crippen LogP contribution in [0.5, 0.6) is 0 Å². The van der Waals surface area contributed by atoms with Gasteiger partial charge in [-0.05, 0) is 53.0 Å². The maximum Gasteiger partial charge on any atom is 0.416 e. The molecule has 0 bridgehead atoms. The molecule has 0 spiro atoms. The van der Waals surface area contributed by atoms with Crippen LogP contribution >= 0.6 is 15.9 Å². The minimum atomic E-state index is -4.31. The number of nitrogens with one attached hydrogen (secondary N) is 1. The quantitative estimate of drug-likeness (QED) is 0.841. The van der Waals surface area contributed by atoms with Gasteiger partial charge in [0.2, 0.25) is 0 Å². The molecule has 1 saturated heterocycles. The van der Waals surface area contributed by atoms with Crippen LogP contribution < -0.4 is 10.2 Å². The van der Waals surface area contributed by atoms with Crippen molar-refractivity contribution < 1.29 is 13.2 Å². The molecular weight excluding hydrogens is 345 g/mol. The fourth-order valence-corrected chi connectivity index (χ4v) is 3.04. The lowest BCUT2D eigenvalue weighted by molar-refractivity contribution is -0.137. The molecule has 2 rings (SSSR count). The van der Waals surface area contributed by atoms with E-state index in [9.17, 15) is 13.2 Å². The maximum absolute atomic E-state index is 12.9. The van der Waals surface area contributed by atoms with Crippen LogP contribution in [-0.4, -0.2) is 25.7 Å². The highest BCUT2D eigenvalue weighted by Crippen LogP contribution is 2.36. The minimum absolute atomic E-state index is 0.286. The Hall–Kier alpha value is -0.750. The van der Waals surface area contributed by atoms with Crippen molar-refractivity contribution in [2.45, 2.75) is 32.5 Å². The van der Waals surface area contributed by atoms with E-state index in [1.807, 2.05) is 4.90 Å². The summed E-state index contributed by atoms with van der Waals surface area (Å²) in [5.74, 6) is 0.440. The van der Waals surface area contributed by atoms with E-state index in [-0.39, 0.29) is 6.04 Å². The lowest BCUT2D eigenvalue weighted by atomic mass is 10.0. The molecule has 0 aliphatic carbocycles. The van der Waals surface area contributed by atoms with E-state index in [4.69, 9.17) is 0 Å². The second kappa shape index (κ2) is 6.57. The molecule has 1 aromatic rings. The van der Waals surface area contributed by atoms with Gasteiger partial charge in [-0.25, -0.2) is 0 Å². The summed E-state index contributed by atoms with van der Waals surface area (Å²) < 4.78 is 39.4. The Bertz CT molecular complexity index is 488. The monoisotopic (exact) mass is 364 g/mol. The van der Waals surface area contributed by atoms with Gasteiger partial charge < -0.3 is 10.2 Å². The summed E-state index contributed by atoms with van der Waals surface area (Å²) in [6.45, 7) is 6.63. The second-order valence-electron chi connectivity index (χ2n) is 5.77. The Balaban J connectivity index is 2.30. The first-order valence-corrected chi connectivity index (χ1v) is 7.93. The highest BCUT2D eigenvalue weighted by Gasteiger charge is 2.32. The normalized spacial score (nSPS) is 20.7. The number of hydrogen-bond acceptors (Lipinski definition) is 2. The number of alkyl halides is 3. The predicted molar refractivity (Wildman–Crippen MR) is 82.6 cm³/mol. The van der Waals surface area contributed by atoms with Crippen molar-refractivity contribution in [2.24, 2.45) is 5.92 Å². The van der Waals surface area contributed by atoms with E-state index in [2.05, 4.69) is 35.1 Å². The first-order chi connectivity index (χ1) is 9.79. The lowest BCUT2D eigenvalue weighted by Crippen LogP contribution is -2.41. The van der Waals surface area contributed by atoms with Crippen LogP contribution in [0.25, 0.3) is 0 Å². The predicted octanol–water partition coefficient (Wildman–Crippen LogP) is 4.29. The van der Waals surface area contributed by atoms with E-state index in [0.717, 1.165) is 32.1 Å². The number of nitrogens with zero attached hydrogens (tertiary/aromatic N) is 1. The Morgan fingerprint density at radius 3 is 2.67 bits per heavy atom. The van der Waals surface area contributed by atoms with Gasteiger partial charge in [0.15, 0.2) is 0 Å². The SMILES string of the molecule is CC(C)C1CN(c2cc(C(F)(F)F)ccc2Br)CCCN1. The second-order valence-corrected chi connectivity index (χ2v) is 6.62. The first-order valence-electron chi connectivity index (χ1n) is 7.14. The largest absolute Gasteiger partial charge is 0.416 e. The molecule has 1 atom stereocenters. The molecule has 1 aromatic carbocycles. The summed E-state index contributed by atoms with van der Waals surface area (Å²) in [4.78, 5) is 2.05. The van der Waals surface area contributed by atoms with Crippen LogP contribution in [0.1, 0.15) is 25.8 Å². The Labute approximate surface area is 131 Å². The topological polar surface area (TPSA) is 15.3 Å². The van der Waals surface area contributed by atoms with Gasteiger partial charge in [0.1, 0.15) is 0 Å².